The summed E-state index contributed by atoms with van der Waals surface area (Å²) in [6.07, 6.45) is 2.43. The molecule has 21 heavy (non-hydrogen) atoms. The van der Waals surface area contributed by atoms with Gasteiger partial charge in [-0.2, -0.15) is 0 Å². The van der Waals surface area contributed by atoms with Crippen molar-refractivity contribution in [2.45, 2.75) is 25.4 Å². The number of halogens is 1. The Bertz CT molecular complexity index is 616. The topological polar surface area (TPSA) is 15.3 Å². The molecule has 3 heteroatoms. The summed E-state index contributed by atoms with van der Waals surface area (Å²) in [4.78, 5) is 2.07. The lowest BCUT2D eigenvalue weighted by Crippen LogP contribution is -2.16. The van der Waals surface area contributed by atoms with Gasteiger partial charge in [-0.25, -0.2) is 4.39 Å². The van der Waals surface area contributed by atoms with Crippen LogP contribution in [0.4, 0.5) is 10.1 Å². The van der Waals surface area contributed by atoms with E-state index in [9.17, 15) is 4.39 Å². The first kappa shape index (κ1) is 14.1. The van der Waals surface area contributed by atoms with Gasteiger partial charge >= 0.3 is 0 Å². The maximum atomic E-state index is 13.9. The zero-order valence-corrected chi connectivity index (χ0v) is 12.6. The second-order valence-corrected chi connectivity index (χ2v) is 5.90. The normalized spacial score (nSPS) is 14.2. The molecule has 1 aliphatic carbocycles. The molecule has 0 saturated heterocycles. The van der Waals surface area contributed by atoms with Gasteiger partial charge < -0.3 is 10.2 Å². The van der Waals surface area contributed by atoms with E-state index in [1.165, 1.54) is 12.8 Å². The molecule has 2 aromatic carbocycles. The number of hydrogen-bond acceptors (Lipinski definition) is 2. The van der Waals surface area contributed by atoms with E-state index in [-0.39, 0.29) is 5.82 Å². The van der Waals surface area contributed by atoms with Gasteiger partial charge in [-0.15, -0.1) is 0 Å². The summed E-state index contributed by atoms with van der Waals surface area (Å²) >= 11 is 0. The third-order valence-electron chi connectivity index (χ3n) is 3.92. The highest BCUT2D eigenvalue weighted by Crippen LogP contribution is 2.25. The van der Waals surface area contributed by atoms with Crippen LogP contribution in [0.3, 0.4) is 0 Å². The standard InChI is InChI=1S/C18H21FN2/c1-21(2)17-8-3-13(4-9-17)14-5-10-18(19)15(11-14)12-20-16-6-7-16/h3-5,8-11,16,20H,6-7,12H2,1-2H3. The molecule has 2 nitrogen and oxygen atoms in total. The van der Waals surface area contributed by atoms with Crippen molar-refractivity contribution in [3.05, 3.63) is 53.8 Å². The van der Waals surface area contributed by atoms with Crippen LogP contribution >= 0.6 is 0 Å². The highest BCUT2D eigenvalue weighted by Gasteiger charge is 2.20. The average Bonchev–Trinajstić information content (AvgIpc) is 3.31. The summed E-state index contributed by atoms with van der Waals surface area (Å²) in [5.74, 6) is -0.128. The molecule has 1 N–H and O–H groups in total. The molecule has 0 atom stereocenters. The average molecular weight is 284 g/mol. The minimum atomic E-state index is -0.128. The zero-order valence-electron chi connectivity index (χ0n) is 12.6. The molecule has 0 aliphatic heterocycles. The van der Waals surface area contributed by atoms with Gasteiger partial charge in [0.2, 0.25) is 0 Å². The molecular weight excluding hydrogens is 263 g/mol. The SMILES string of the molecule is CN(C)c1ccc(-c2ccc(F)c(CNC3CC3)c2)cc1. The lowest BCUT2D eigenvalue weighted by atomic mass is 10.0. The molecule has 1 fully saturated rings. The lowest BCUT2D eigenvalue weighted by Gasteiger charge is -2.13. The smallest absolute Gasteiger partial charge is 0.127 e. The molecule has 3 rings (SSSR count). The Morgan fingerprint density at radius 3 is 2.33 bits per heavy atom. The Morgan fingerprint density at radius 2 is 1.71 bits per heavy atom. The molecule has 0 bridgehead atoms. The lowest BCUT2D eigenvalue weighted by molar-refractivity contribution is 0.587. The minimum Gasteiger partial charge on any atom is -0.378 e. The number of nitrogens with one attached hydrogen (secondary N) is 1. The highest BCUT2D eigenvalue weighted by atomic mass is 19.1. The van der Waals surface area contributed by atoms with E-state index >= 15 is 0 Å². The second kappa shape index (κ2) is 5.86. The largest absolute Gasteiger partial charge is 0.378 e. The summed E-state index contributed by atoms with van der Waals surface area (Å²) in [6, 6.07) is 14.3. The highest BCUT2D eigenvalue weighted by molar-refractivity contribution is 5.67. The van der Waals surface area contributed by atoms with E-state index in [1.807, 2.05) is 26.2 Å². The van der Waals surface area contributed by atoms with Crippen LogP contribution in [0.2, 0.25) is 0 Å². The van der Waals surface area contributed by atoms with E-state index in [0.717, 1.165) is 22.4 Å². The van der Waals surface area contributed by atoms with Crippen LogP contribution in [0.15, 0.2) is 42.5 Å². The molecular formula is C18H21FN2. The third kappa shape index (κ3) is 3.42. The van der Waals surface area contributed by atoms with Crippen LogP contribution in [0.5, 0.6) is 0 Å². The van der Waals surface area contributed by atoms with E-state index in [0.29, 0.717) is 12.6 Å². The molecule has 0 unspecified atom stereocenters. The number of hydrogen-bond donors (Lipinski definition) is 1. The monoisotopic (exact) mass is 284 g/mol. The maximum absolute atomic E-state index is 13.9. The molecule has 0 aromatic heterocycles. The first-order valence-corrected chi connectivity index (χ1v) is 7.43. The van der Waals surface area contributed by atoms with Gasteiger partial charge in [-0.05, 0) is 48.2 Å². The quantitative estimate of drug-likeness (QED) is 0.898. The van der Waals surface area contributed by atoms with Crippen LogP contribution in [-0.2, 0) is 6.54 Å². The zero-order chi connectivity index (χ0) is 14.8. The van der Waals surface area contributed by atoms with E-state index in [1.54, 1.807) is 6.07 Å². The van der Waals surface area contributed by atoms with E-state index in [4.69, 9.17) is 0 Å². The third-order valence-corrected chi connectivity index (χ3v) is 3.92. The van der Waals surface area contributed by atoms with Crippen LogP contribution in [-0.4, -0.2) is 20.1 Å². The van der Waals surface area contributed by atoms with Crippen LogP contribution in [0, 0.1) is 5.82 Å². The van der Waals surface area contributed by atoms with Gasteiger partial charge in [0.15, 0.2) is 0 Å². The summed E-state index contributed by atoms with van der Waals surface area (Å²) < 4.78 is 13.9. The van der Waals surface area contributed by atoms with Gasteiger partial charge in [-0.3, -0.25) is 0 Å². The van der Waals surface area contributed by atoms with Crippen molar-refractivity contribution in [3.8, 4) is 11.1 Å². The van der Waals surface area contributed by atoms with Crippen molar-refractivity contribution in [2.24, 2.45) is 0 Å². The summed E-state index contributed by atoms with van der Waals surface area (Å²) in [6.45, 7) is 0.611. The Hall–Kier alpha value is -1.87. The van der Waals surface area contributed by atoms with Gasteiger partial charge in [-0.1, -0.05) is 18.2 Å². The number of rotatable bonds is 5. The van der Waals surface area contributed by atoms with Gasteiger partial charge in [0.05, 0.1) is 0 Å². The van der Waals surface area contributed by atoms with Crippen molar-refractivity contribution in [3.63, 3.8) is 0 Å². The molecule has 0 heterocycles. The molecule has 1 aliphatic rings. The van der Waals surface area contributed by atoms with Crippen molar-refractivity contribution >= 4 is 5.69 Å². The summed E-state index contributed by atoms with van der Waals surface area (Å²) in [5, 5.41) is 3.37. The first-order chi connectivity index (χ1) is 10.1. The van der Waals surface area contributed by atoms with E-state index < -0.39 is 0 Å². The molecule has 0 spiro atoms. The van der Waals surface area contributed by atoms with Gasteiger partial charge in [0.25, 0.3) is 0 Å². The van der Waals surface area contributed by atoms with Crippen LogP contribution < -0.4 is 10.2 Å². The Kier molecular flexibility index (Phi) is 3.93. The molecule has 2 aromatic rings. The van der Waals surface area contributed by atoms with Crippen molar-refractivity contribution in [1.29, 1.82) is 0 Å². The van der Waals surface area contributed by atoms with E-state index in [2.05, 4.69) is 34.5 Å². The van der Waals surface area contributed by atoms with Crippen molar-refractivity contribution < 1.29 is 4.39 Å². The fraction of sp³-hybridized carbons (Fsp3) is 0.333. The fourth-order valence-electron chi connectivity index (χ4n) is 2.38. The fourth-order valence-corrected chi connectivity index (χ4v) is 2.38. The Morgan fingerprint density at radius 1 is 1.05 bits per heavy atom. The van der Waals surface area contributed by atoms with Crippen molar-refractivity contribution in [2.75, 3.05) is 19.0 Å². The van der Waals surface area contributed by atoms with Crippen LogP contribution in [0.1, 0.15) is 18.4 Å². The summed E-state index contributed by atoms with van der Waals surface area (Å²) in [5.41, 5.74) is 4.09. The van der Waals surface area contributed by atoms with Crippen molar-refractivity contribution in [1.82, 2.24) is 5.32 Å². The minimum absolute atomic E-state index is 0.128. The Balaban J connectivity index is 1.81. The second-order valence-electron chi connectivity index (χ2n) is 5.90. The molecule has 110 valence electrons. The Labute approximate surface area is 125 Å². The van der Waals surface area contributed by atoms with Gasteiger partial charge in [0, 0.05) is 37.9 Å². The summed E-state index contributed by atoms with van der Waals surface area (Å²) in [7, 11) is 4.04. The maximum Gasteiger partial charge on any atom is 0.127 e. The number of nitrogens with zero attached hydrogens (tertiary/aromatic N) is 1. The molecule has 1 saturated carbocycles. The first-order valence-electron chi connectivity index (χ1n) is 7.43. The predicted molar refractivity (Wildman–Crippen MR) is 86.0 cm³/mol. The van der Waals surface area contributed by atoms with Gasteiger partial charge in [0.1, 0.15) is 5.82 Å². The number of benzene rings is 2. The number of anilines is 1. The predicted octanol–water partition coefficient (Wildman–Crippen LogP) is 3.81. The van der Waals surface area contributed by atoms with Crippen LogP contribution in [0.25, 0.3) is 11.1 Å². The molecule has 0 radical (unpaired) electrons. The molecule has 0 amide bonds.